The molecule has 1 aliphatic rings. The van der Waals surface area contributed by atoms with E-state index >= 15 is 0 Å². The van der Waals surface area contributed by atoms with Gasteiger partial charge in [0.05, 0.1) is 7.05 Å². The molecule has 0 radical (unpaired) electrons. The summed E-state index contributed by atoms with van der Waals surface area (Å²) in [7, 11) is 2.05. The summed E-state index contributed by atoms with van der Waals surface area (Å²) >= 11 is 0. The van der Waals surface area contributed by atoms with E-state index in [2.05, 4.69) is 257 Å². The van der Waals surface area contributed by atoms with Crippen molar-refractivity contribution in [2.24, 2.45) is 7.05 Å². The molecule has 4 nitrogen and oxygen atoms in total. The van der Waals surface area contributed by atoms with Gasteiger partial charge in [-0.2, -0.15) is 0 Å². The molecule has 0 aliphatic heterocycles. The summed E-state index contributed by atoms with van der Waals surface area (Å²) in [4.78, 5) is 4.75. The minimum Gasteiger partial charge on any atom is -0.311 e. The van der Waals surface area contributed by atoms with Crippen LogP contribution in [0.1, 0.15) is 43.2 Å². The van der Waals surface area contributed by atoms with Gasteiger partial charge >= 0.3 is 0 Å². The molecule has 1 saturated carbocycles. The van der Waals surface area contributed by atoms with Gasteiger partial charge in [0.2, 0.25) is 6.33 Å². The monoisotopic (exact) mass is 803 g/mol. The molecule has 0 atom stereocenters. The molecule has 8 aromatic carbocycles. The van der Waals surface area contributed by atoms with Crippen LogP contribution >= 0.6 is 0 Å². The molecule has 0 amide bonds. The van der Waals surface area contributed by atoms with Gasteiger partial charge in [0.15, 0.2) is 0 Å². The Morgan fingerprint density at radius 1 is 0.387 bits per heavy atom. The van der Waals surface area contributed by atoms with Gasteiger partial charge in [0.1, 0.15) is 18.1 Å². The highest BCUT2D eigenvalue weighted by Crippen LogP contribution is 2.47. The summed E-state index contributed by atoms with van der Waals surface area (Å²) in [5.74, 6) is 0. The molecular weight excluding hydrogens is 753 g/mol. The van der Waals surface area contributed by atoms with Gasteiger partial charge in [-0.25, -0.2) is 9.13 Å². The van der Waals surface area contributed by atoms with Gasteiger partial charge in [-0.3, -0.25) is 0 Å². The normalized spacial score (nSPS) is 13.4. The largest absolute Gasteiger partial charge is 0.311 e. The van der Waals surface area contributed by atoms with Crippen molar-refractivity contribution in [2.75, 3.05) is 9.80 Å². The quantitative estimate of drug-likeness (QED) is 0.121. The molecule has 1 aromatic heterocycles. The van der Waals surface area contributed by atoms with Crippen LogP contribution in [-0.2, 0) is 12.5 Å². The Morgan fingerprint density at radius 3 is 1.15 bits per heavy atom. The third kappa shape index (κ3) is 7.84. The lowest BCUT2D eigenvalue weighted by molar-refractivity contribution is -0.670. The molecule has 0 saturated heterocycles. The maximum absolute atomic E-state index is 2.40. The Labute approximate surface area is 366 Å². The fourth-order valence-electron chi connectivity index (χ4n) is 9.47. The Morgan fingerprint density at radius 2 is 0.742 bits per heavy atom. The van der Waals surface area contributed by atoms with Gasteiger partial charge in [0.25, 0.3) is 0 Å². The van der Waals surface area contributed by atoms with Gasteiger partial charge in [-0.15, -0.1) is 0 Å². The highest BCUT2D eigenvalue weighted by Gasteiger charge is 2.36. The number of hydrogen-bond acceptors (Lipinski definition) is 2. The van der Waals surface area contributed by atoms with E-state index in [4.69, 9.17) is 0 Å². The van der Waals surface area contributed by atoms with Crippen LogP contribution in [0.5, 0.6) is 0 Å². The molecule has 1 fully saturated rings. The first-order valence-electron chi connectivity index (χ1n) is 21.9. The zero-order valence-electron chi connectivity index (χ0n) is 35.3. The second-order valence-electron chi connectivity index (χ2n) is 16.6. The molecule has 302 valence electrons. The minimum absolute atomic E-state index is 0.0546. The summed E-state index contributed by atoms with van der Waals surface area (Å²) in [5.41, 5.74) is 15.5. The minimum atomic E-state index is -0.0546. The van der Waals surface area contributed by atoms with E-state index in [0.29, 0.717) is 0 Å². The average molecular weight is 804 g/mol. The SMILES string of the molecule is C[n+]1ccn(-c2ccc(N(c3ccc(-c4ccccc4)cc3)c3ccc(C4(c5ccc(N(c6ccccc6)c6ccc(-c7ccccc7)cc6)cc5)CCCCC4)cc3)cc2)c1. The highest BCUT2D eigenvalue weighted by molar-refractivity contribution is 5.80. The summed E-state index contributed by atoms with van der Waals surface area (Å²) in [5, 5.41) is 0. The number of anilines is 6. The van der Waals surface area contributed by atoms with Crippen LogP contribution in [-0.4, -0.2) is 4.57 Å². The Bertz CT molecular complexity index is 2820. The molecule has 0 bridgehead atoms. The first kappa shape index (κ1) is 38.8. The fraction of sp³-hybridized carbons (Fsp3) is 0.121. The van der Waals surface area contributed by atoms with E-state index in [-0.39, 0.29) is 5.41 Å². The third-order valence-corrected chi connectivity index (χ3v) is 12.7. The molecule has 0 spiro atoms. The maximum Gasteiger partial charge on any atom is 0.248 e. The van der Waals surface area contributed by atoms with E-state index in [1.54, 1.807) is 0 Å². The molecule has 0 unspecified atom stereocenters. The molecule has 0 N–H and O–H groups in total. The van der Waals surface area contributed by atoms with Crippen molar-refractivity contribution in [2.45, 2.75) is 37.5 Å². The fourth-order valence-corrected chi connectivity index (χ4v) is 9.47. The summed E-state index contributed by atoms with van der Waals surface area (Å²) < 4.78 is 4.21. The second-order valence-corrected chi connectivity index (χ2v) is 16.6. The van der Waals surface area contributed by atoms with Crippen LogP contribution in [0.4, 0.5) is 34.1 Å². The van der Waals surface area contributed by atoms with Crippen molar-refractivity contribution >= 4 is 34.1 Å². The van der Waals surface area contributed by atoms with E-state index in [9.17, 15) is 0 Å². The van der Waals surface area contributed by atoms with E-state index in [1.807, 2.05) is 0 Å². The van der Waals surface area contributed by atoms with Crippen molar-refractivity contribution in [3.63, 3.8) is 0 Å². The molecular formula is C58H51N4+. The Balaban J connectivity index is 0.984. The highest BCUT2D eigenvalue weighted by atomic mass is 15.1. The number of nitrogens with zero attached hydrogens (tertiary/aromatic N) is 4. The van der Waals surface area contributed by atoms with Crippen LogP contribution in [0.25, 0.3) is 27.9 Å². The summed E-state index contributed by atoms with van der Waals surface area (Å²) in [6, 6.07) is 77.6. The Hall–Kier alpha value is -7.43. The molecule has 4 heteroatoms. The van der Waals surface area contributed by atoms with E-state index in [0.717, 1.165) is 52.7 Å². The molecule has 10 rings (SSSR count). The number of hydrogen-bond donors (Lipinski definition) is 0. The van der Waals surface area contributed by atoms with Crippen molar-refractivity contribution in [3.05, 3.63) is 242 Å². The van der Waals surface area contributed by atoms with Crippen molar-refractivity contribution in [1.29, 1.82) is 0 Å². The van der Waals surface area contributed by atoms with Crippen LogP contribution < -0.4 is 14.4 Å². The standard InChI is InChI=1S/C58H51N4/c1-59-42-43-60(44-59)51-36-38-57(39-37-51)62(54-30-22-48(23-31-54)46-16-8-3-9-17-46)56-34-26-50(27-35-56)58(40-12-5-13-41-58)49-24-32-55(33-25-49)61(52-18-10-4-11-19-52)53-28-20-47(21-29-53)45-14-6-2-7-15-45/h2-4,6-11,14-39,42-44H,5,12-13,40-41H2,1H3/q+1. The number of para-hydroxylation sites is 1. The lowest BCUT2D eigenvalue weighted by Gasteiger charge is -2.39. The first-order chi connectivity index (χ1) is 30.6. The molecule has 9 aromatic rings. The Kier molecular flexibility index (Phi) is 10.8. The number of benzene rings is 8. The summed E-state index contributed by atoms with van der Waals surface area (Å²) in [6.45, 7) is 0. The van der Waals surface area contributed by atoms with E-state index < -0.39 is 0 Å². The molecule has 1 heterocycles. The number of aryl methyl sites for hydroxylation is 1. The van der Waals surface area contributed by atoms with Gasteiger partial charge in [-0.05, 0) is 131 Å². The van der Waals surface area contributed by atoms with Crippen molar-refractivity contribution in [1.82, 2.24) is 4.57 Å². The van der Waals surface area contributed by atoms with Crippen LogP contribution in [0.2, 0.25) is 0 Å². The van der Waals surface area contributed by atoms with Gasteiger partial charge in [0, 0.05) is 39.5 Å². The number of imidazole rings is 1. The maximum atomic E-state index is 2.40. The summed E-state index contributed by atoms with van der Waals surface area (Å²) in [6.07, 6.45) is 12.2. The van der Waals surface area contributed by atoms with Crippen LogP contribution in [0, 0.1) is 0 Å². The zero-order chi connectivity index (χ0) is 41.7. The lowest BCUT2D eigenvalue weighted by atomic mass is 9.65. The van der Waals surface area contributed by atoms with Crippen molar-refractivity contribution in [3.8, 4) is 27.9 Å². The van der Waals surface area contributed by atoms with Crippen LogP contribution in [0.3, 0.4) is 0 Å². The third-order valence-electron chi connectivity index (χ3n) is 12.7. The predicted molar refractivity (Wildman–Crippen MR) is 257 cm³/mol. The molecule has 62 heavy (non-hydrogen) atoms. The number of aromatic nitrogens is 2. The smallest absolute Gasteiger partial charge is 0.248 e. The van der Waals surface area contributed by atoms with Gasteiger partial charge in [-0.1, -0.05) is 147 Å². The molecule has 1 aliphatic carbocycles. The average Bonchev–Trinajstić information content (AvgIpc) is 3.80. The second kappa shape index (κ2) is 17.3. The van der Waals surface area contributed by atoms with Crippen molar-refractivity contribution < 1.29 is 4.57 Å². The topological polar surface area (TPSA) is 15.3 Å². The number of rotatable bonds is 11. The van der Waals surface area contributed by atoms with E-state index in [1.165, 1.54) is 52.6 Å². The first-order valence-corrected chi connectivity index (χ1v) is 21.9. The zero-order valence-corrected chi connectivity index (χ0v) is 35.3. The van der Waals surface area contributed by atoms with Crippen LogP contribution in [0.15, 0.2) is 231 Å². The predicted octanol–water partition coefficient (Wildman–Crippen LogP) is 14.8. The lowest BCUT2D eigenvalue weighted by Crippen LogP contribution is -2.30. The van der Waals surface area contributed by atoms with Gasteiger partial charge < -0.3 is 9.80 Å².